The van der Waals surface area contributed by atoms with Crippen LogP contribution in [-0.4, -0.2) is 62.7 Å². The average Bonchev–Trinajstić information content (AvgIpc) is 2.38. The van der Waals surface area contributed by atoms with E-state index in [9.17, 15) is 0 Å². The second-order valence-corrected chi connectivity index (χ2v) is 6.50. The number of rotatable bonds is 4. The molecule has 0 bridgehead atoms. The first-order valence-electron chi connectivity index (χ1n) is 7.77. The van der Waals surface area contributed by atoms with E-state index < -0.39 is 0 Å². The topological polar surface area (TPSA) is 18.5 Å². The summed E-state index contributed by atoms with van der Waals surface area (Å²) in [6.45, 7) is 8.92. The van der Waals surface area contributed by atoms with E-state index in [1.807, 2.05) is 0 Å². The second-order valence-electron chi connectivity index (χ2n) is 6.50. The molecule has 2 atom stereocenters. The van der Waals surface area contributed by atoms with E-state index in [1.54, 1.807) is 0 Å². The van der Waals surface area contributed by atoms with Crippen LogP contribution in [0.1, 0.15) is 32.6 Å². The van der Waals surface area contributed by atoms with Crippen LogP contribution in [0.3, 0.4) is 0 Å². The summed E-state index contributed by atoms with van der Waals surface area (Å²) in [6, 6.07) is 0.740. The van der Waals surface area contributed by atoms with E-state index in [-0.39, 0.29) is 0 Å². The molecule has 0 spiro atoms. The van der Waals surface area contributed by atoms with E-state index in [4.69, 9.17) is 0 Å². The summed E-state index contributed by atoms with van der Waals surface area (Å²) in [5.41, 5.74) is 0. The predicted molar refractivity (Wildman–Crippen MR) is 77.9 cm³/mol. The Labute approximate surface area is 113 Å². The van der Waals surface area contributed by atoms with E-state index in [0.29, 0.717) is 0 Å². The maximum Gasteiger partial charge on any atom is 0.0114 e. The molecule has 2 aliphatic rings. The van der Waals surface area contributed by atoms with Gasteiger partial charge < -0.3 is 15.1 Å². The van der Waals surface area contributed by atoms with Crippen LogP contribution < -0.4 is 5.32 Å². The van der Waals surface area contributed by atoms with Gasteiger partial charge in [0.15, 0.2) is 0 Å². The molecule has 2 fully saturated rings. The maximum absolute atomic E-state index is 3.45. The van der Waals surface area contributed by atoms with E-state index in [0.717, 1.165) is 17.9 Å². The van der Waals surface area contributed by atoms with Crippen molar-refractivity contribution >= 4 is 0 Å². The van der Waals surface area contributed by atoms with Crippen molar-refractivity contribution in [2.45, 2.75) is 38.6 Å². The Balaban J connectivity index is 1.65. The van der Waals surface area contributed by atoms with E-state index in [2.05, 4.69) is 36.1 Å². The lowest BCUT2D eigenvalue weighted by Crippen LogP contribution is -2.47. The molecule has 2 saturated heterocycles. The Bertz CT molecular complexity index is 236. The highest BCUT2D eigenvalue weighted by atomic mass is 15.1. The van der Waals surface area contributed by atoms with Gasteiger partial charge in [-0.15, -0.1) is 0 Å². The van der Waals surface area contributed by atoms with Crippen molar-refractivity contribution in [2.24, 2.45) is 11.8 Å². The third-order valence-corrected chi connectivity index (χ3v) is 5.05. The molecule has 18 heavy (non-hydrogen) atoms. The summed E-state index contributed by atoms with van der Waals surface area (Å²) in [6.07, 6.45) is 5.58. The standard InChI is InChI=1S/C15H31N3/c1-13-12-18(11-7-15(13)16-2)10-6-14-4-8-17(3)9-5-14/h13-16H,4-12H2,1-3H3. The molecule has 0 saturated carbocycles. The van der Waals surface area contributed by atoms with Gasteiger partial charge in [-0.25, -0.2) is 0 Å². The third kappa shape index (κ3) is 3.94. The minimum atomic E-state index is 0.740. The first kappa shape index (κ1) is 14.3. The molecular formula is C15H31N3. The minimum Gasteiger partial charge on any atom is -0.317 e. The van der Waals surface area contributed by atoms with E-state index >= 15 is 0 Å². The van der Waals surface area contributed by atoms with Crippen LogP contribution >= 0.6 is 0 Å². The van der Waals surface area contributed by atoms with Crippen molar-refractivity contribution in [3.05, 3.63) is 0 Å². The van der Waals surface area contributed by atoms with Gasteiger partial charge in [0, 0.05) is 12.6 Å². The van der Waals surface area contributed by atoms with Crippen LogP contribution in [0, 0.1) is 11.8 Å². The van der Waals surface area contributed by atoms with Crippen LogP contribution in [0.5, 0.6) is 0 Å². The Morgan fingerprint density at radius 3 is 2.44 bits per heavy atom. The molecule has 1 N–H and O–H groups in total. The van der Waals surface area contributed by atoms with Gasteiger partial charge >= 0.3 is 0 Å². The molecule has 2 heterocycles. The number of piperidine rings is 2. The Morgan fingerprint density at radius 1 is 1.11 bits per heavy atom. The lowest BCUT2D eigenvalue weighted by atomic mass is 9.91. The predicted octanol–water partition coefficient (Wildman–Crippen LogP) is 1.65. The lowest BCUT2D eigenvalue weighted by molar-refractivity contribution is 0.132. The fourth-order valence-electron chi connectivity index (χ4n) is 3.58. The zero-order valence-electron chi connectivity index (χ0n) is 12.5. The molecule has 106 valence electrons. The fraction of sp³-hybridized carbons (Fsp3) is 1.00. The highest BCUT2D eigenvalue weighted by Gasteiger charge is 2.25. The number of hydrogen-bond donors (Lipinski definition) is 1. The van der Waals surface area contributed by atoms with Crippen molar-refractivity contribution in [3.8, 4) is 0 Å². The van der Waals surface area contributed by atoms with Crippen LogP contribution in [0.15, 0.2) is 0 Å². The summed E-state index contributed by atoms with van der Waals surface area (Å²) in [7, 11) is 4.36. The second kappa shape index (κ2) is 6.88. The first-order chi connectivity index (χ1) is 8.69. The first-order valence-corrected chi connectivity index (χ1v) is 7.77. The van der Waals surface area contributed by atoms with Crippen molar-refractivity contribution in [2.75, 3.05) is 46.8 Å². The van der Waals surface area contributed by atoms with Crippen molar-refractivity contribution in [3.63, 3.8) is 0 Å². The van der Waals surface area contributed by atoms with Crippen molar-refractivity contribution < 1.29 is 0 Å². The Morgan fingerprint density at radius 2 is 1.83 bits per heavy atom. The van der Waals surface area contributed by atoms with Gasteiger partial charge in [0.25, 0.3) is 0 Å². The molecule has 3 heteroatoms. The molecule has 3 nitrogen and oxygen atoms in total. The largest absolute Gasteiger partial charge is 0.317 e. The molecule has 2 aliphatic heterocycles. The number of nitrogens with zero attached hydrogens (tertiary/aromatic N) is 2. The van der Waals surface area contributed by atoms with Gasteiger partial charge in [0.05, 0.1) is 0 Å². The van der Waals surface area contributed by atoms with Gasteiger partial charge in [0.1, 0.15) is 0 Å². The molecule has 0 aromatic rings. The van der Waals surface area contributed by atoms with Crippen LogP contribution in [0.2, 0.25) is 0 Å². The van der Waals surface area contributed by atoms with Crippen LogP contribution in [0.4, 0.5) is 0 Å². The molecule has 0 radical (unpaired) electrons. The van der Waals surface area contributed by atoms with Crippen molar-refractivity contribution in [1.82, 2.24) is 15.1 Å². The van der Waals surface area contributed by atoms with Crippen LogP contribution in [0.25, 0.3) is 0 Å². The van der Waals surface area contributed by atoms with Gasteiger partial charge in [-0.1, -0.05) is 6.92 Å². The Kier molecular flexibility index (Phi) is 5.46. The van der Waals surface area contributed by atoms with Gasteiger partial charge in [-0.2, -0.15) is 0 Å². The van der Waals surface area contributed by atoms with Gasteiger partial charge in [-0.3, -0.25) is 0 Å². The minimum absolute atomic E-state index is 0.740. The molecular weight excluding hydrogens is 222 g/mol. The molecule has 0 aromatic carbocycles. The van der Waals surface area contributed by atoms with Gasteiger partial charge in [-0.05, 0) is 77.8 Å². The van der Waals surface area contributed by atoms with Crippen molar-refractivity contribution in [1.29, 1.82) is 0 Å². The third-order valence-electron chi connectivity index (χ3n) is 5.05. The Hall–Kier alpha value is -0.120. The quantitative estimate of drug-likeness (QED) is 0.822. The SMILES string of the molecule is CNC1CCN(CCC2CCN(C)CC2)CC1C. The monoisotopic (exact) mass is 253 g/mol. The summed E-state index contributed by atoms with van der Waals surface area (Å²) < 4.78 is 0. The zero-order chi connectivity index (χ0) is 13.0. The summed E-state index contributed by atoms with van der Waals surface area (Å²) in [5, 5.41) is 3.45. The highest BCUT2D eigenvalue weighted by molar-refractivity contribution is 4.82. The molecule has 0 amide bonds. The molecule has 0 aliphatic carbocycles. The molecule has 2 rings (SSSR count). The smallest absolute Gasteiger partial charge is 0.0114 e. The molecule has 0 aromatic heterocycles. The maximum atomic E-state index is 3.45. The molecule has 2 unspecified atom stereocenters. The van der Waals surface area contributed by atoms with Crippen LogP contribution in [-0.2, 0) is 0 Å². The normalized spacial score (nSPS) is 32.8. The zero-order valence-corrected chi connectivity index (χ0v) is 12.5. The summed E-state index contributed by atoms with van der Waals surface area (Å²) in [5.74, 6) is 1.79. The summed E-state index contributed by atoms with van der Waals surface area (Å²) >= 11 is 0. The fourth-order valence-corrected chi connectivity index (χ4v) is 3.58. The number of likely N-dealkylation sites (tertiary alicyclic amines) is 2. The van der Waals surface area contributed by atoms with Gasteiger partial charge in [0.2, 0.25) is 0 Å². The lowest BCUT2D eigenvalue weighted by Gasteiger charge is -2.38. The van der Waals surface area contributed by atoms with E-state index in [1.165, 1.54) is 58.4 Å². The number of hydrogen-bond acceptors (Lipinski definition) is 3. The number of nitrogens with one attached hydrogen (secondary N) is 1. The highest BCUT2D eigenvalue weighted by Crippen LogP contribution is 2.22. The average molecular weight is 253 g/mol. The summed E-state index contributed by atoms with van der Waals surface area (Å²) in [4.78, 5) is 5.16.